The summed E-state index contributed by atoms with van der Waals surface area (Å²) in [6, 6.07) is 16.9. The van der Waals surface area contributed by atoms with Crippen molar-refractivity contribution < 1.29 is 13.9 Å². The standard InChI is InChI=1S/C30H26ClFN8O2/c1-18-15-38(17-34-18)26-9-7-19(13-27(26)42-2)24-16-40(37-36-24)29-30(41)39(12-11-33)25-10-8-20(31)14-22(25)28(35-29)21-5-3-4-6-23(21)32/h3-10,13-17,29H,11-12,33H2,1-2H3. The molecule has 1 unspecified atom stereocenters. The van der Waals surface area contributed by atoms with Gasteiger partial charge in [0.15, 0.2) is 0 Å². The minimum Gasteiger partial charge on any atom is -0.495 e. The van der Waals surface area contributed by atoms with Crippen molar-refractivity contribution in [2.24, 2.45) is 10.7 Å². The number of amides is 1. The van der Waals surface area contributed by atoms with Crippen LogP contribution in [0.3, 0.4) is 0 Å². The summed E-state index contributed by atoms with van der Waals surface area (Å²) in [5, 5.41) is 9.03. The molecule has 2 N–H and O–H groups in total. The van der Waals surface area contributed by atoms with Crippen molar-refractivity contribution >= 4 is 28.9 Å². The molecule has 0 aliphatic carbocycles. The molecule has 2 aromatic heterocycles. The zero-order chi connectivity index (χ0) is 29.4. The first-order valence-electron chi connectivity index (χ1n) is 13.1. The number of anilines is 1. The van der Waals surface area contributed by atoms with Crippen LogP contribution in [0, 0.1) is 12.7 Å². The number of ether oxygens (including phenoxy) is 1. The molecule has 0 saturated carbocycles. The summed E-state index contributed by atoms with van der Waals surface area (Å²) < 4.78 is 24.0. The number of aryl methyl sites for hydroxylation is 1. The number of rotatable bonds is 7. The second kappa shape index (κ2) is 11.2. The maximum Gasteiger partial charge on any atom is 0.274 e. The highest BCUT2D eigenvalue weighted by atomic mass is 35.5. The molecule has 0 saturated heterocycles. The van der Waals surface area contributed by atoms with Crippen LogP contribution in [0.5, 0.6) is 5.75 Å². The first kappa shape index (κ1) is 27.3. The predicted octanol–water partition coefficient (Wildman–Crippen LogP) is 4.58. The second-order valence-corrected chi connectivity index (χ2v) is 10.1. The average molecular weight is 585 g/mol. The van der Waals surface area contributed by atoms with Gasteiger partial charge in [-0.2, -0.15) is 0 Å². The van der Waals surface area contributed by atoms with E-state index in [1.165, 1.54) is 15.6 Å². The lowest BCUT2D eigenvalue weighted by molar-refractivity contribution is -0.121. The number of carbonyl (C=O) groups is 1. The fourth-order valence-electron chi connectivity index (χ4n) is 4.97. The number of benzene rings is 3. The van der Waals surface area contributed by atoms with E-state index in [-0.39, 0.29) is 24.4 Å². The summed E-state index contributed by atoms with van der Waals surface area (Å²) in [6.07, 6.45) is 4.05. The van der Waals surface area contributed by atoms with Crippen LogP contribution in [-0.2, 0) is 4.79 Å². The third-order valence-corrected chi connectivity index (χ3v) is 7.19. The fourth-order valence-corrected chi connectivity index (χ4v) is 5.14. The topological polar surface area (TPSA) is 116 Å². The maximum absolute atomic E-state index is 15.1. The summed E-state index contributed by atoms with van der Waals surface area (Å²) in [7, 11) is 1.59. The normalized spacial score (nSPS) is 14.9. The Labute approximate surface area is 245 Å². The number of carbonyl (C=O) groups excluding carboxylic acids is 1. The molecule has 12 heteroatoms. The first-order valence-corrected chi connectivity index (χ1v) is 13.5. The molecular formula is C30H26ClFN8O2. The number of imidazole rings is 1. The summed E-state index contributed by atoms with van der Waals surface area (Å²) >= 11 is 6.36. The van der Waals surface area contributed by atoms with Crippen molar-refractivity contribution in [2.45, 2.75) is 13.1 Å². The van der Waals surface area contributed by atoms with Gasteiger partial charge in [-0.15, -0.1) is 5.10 Å². The molecule has 6 rings (SSSR count). The molecule has 42 heavy (non-hydrogen) atoms. The molecule has 0 spiro atoms. The Hall–Kier alpha value is -4.87. The Morgan fingerprint density at radius 1 is 1.05 bits per heavy atom. The van der Waals surface area contributed by atoms with Crippen LogP contribution in [-0.4, -0.2) is 56.4 Å². The lowest BCUT2D eigenvalue weighted by Crippen LogP contribution is -2.39. The number of nitrogens with two attached hydrogens (primary N) is 1. The van der Waals surface area contributed by atoms with Gasteiger partial charge in [0.2, 0.25) is 6.17 Å². The lowest BCUT2D eigenvalue weighted by atomic mass is 9.99. The second-order valence-electron chi connectivity index (χ2n) is 9.66. The largest absolute Gasteiger partial charge is 0.495 e. The molecule has 3 aromatic carbocycles. The van der Waals surface area contributed by atoms with Gasteiger partial charge in [-0.25, -0.2) is 19.0 Å². The van der Waals surface area contributed by atoms with Crippen LogP contribution in [0.2, 0.25) is 5.02 Å². The van der Waals surface area contributed by atoms with E-state index in [1.54, 1.807) is 56.0 Å². The van der Waals surface area contributed by atoms with Gasteiger partial charge in [0.25, 0.3) is 5.91 Å². The molecule has 0 bridgehead atoms. The number of aliphatic imine (C=N–C) groups is 1. The molecule has 1 aliphatic rings. The number of fused-ring (bicyclic) bond motifs is 1. The highest BCUT2D eigenvalue weighted by molar-refractivity contribution is 6.32. The Balaban J connectivity index is 1.46. The molecule has 212 valence electrons. The van der Waals surface area contributed by atoms with Gasteiger partial charge in [0.1, 0.15) is 17.3 Å². The van der Waals surface area contributed by atoms with Crippen molar-refractivity contribution in [3.63, 3.8) is 0 Å². The molecule has 1 aliphatic heterocycles. The van der Waals surface area contributed by atoms with Crippen molar-refractivity contribution in [3.8, 4) is 22.7 Å². The molecule has 3 heterocycles. The smallest absolute Gasteiger partial charge is 0.274 e. The minimum absolute atomic E-state index is 0.195. The number of benzodiazepines with no additional fused rings is 1. The van der Waals surface area contributed by atoms with Gasteiger partial charge in [-0.1, -0.05) is 35.0 Å². The minimum atomic E-state index is -1.19. The average Bonchev–Trinajstić information content (AvgIpc) is 3.64. The first-order chi connectivity index (χ1) is 20.4. The number of nitrogens with zero attached hydrogens (tertiary/aromatic N) is 7. The van der Waals surface area contributed by atoms with E-state index in [1.807, 2.05) is 35.9 Å². The number of aromatic nitrogens is 5. The van der Waals surface area contributed by atoms with E-state index >= 15 is 4.39 Å². The third kappa shape index (κ3) is 4.93. The molecule has 1 amide bonds. The fraction of sp³-hybridized carbons (Fsp3) is 0.167. The lowest BCUT2D eigenvalue weighted by Gasteiger charge is -2.24. The van der Waals surface area contributed by atoms with Crippen molar-refractivity contribution in [2.75, 3.05) is 25.1 Å². The Morgan fingerprint density at radius 3 is 2.60 bits per heavy atom. The van der Waals surface area contributed by atoms with Crippen LogP contribution in [0.1, 0.15) is 23.0 Å². The number of hydrogen-bond acceptors (Lipinski definition) is 7. The van der Waals surface area contributed by atoms with Crippen LogP contribution >= 0.6 is 11.6 Å². The summed E-state index contributed by atoms with van der Waals surface area (Å²) in [6.45, 7) is 2.31. The molecule has 5 aromatic rings. The van der Waals surface area contributed by atoms with Gasteiger partial charge < -0.3 is 19.9 Å². The van der Waals surface area contributed by atoms with Crippen molar-refractivity contribution in [1.82, 2.24) is 24.5 Å². The molecule has 0 fully saturated rings. The highest BCUT2D eigenvalue weighted by Gasteiger charge is 2.34. The Morgan fingerprint density at radius 2 is 1.86 bits per heavy atom. The SMILES string of the molecule is COc1cc(-c2cn(C3N=C(c4ccccc4F)c4cc(Cl)ccc4N(CCN)C3=O)nn2)ccc1-n1cnc(C)c1. The van der Waals surface area contributed by atoms with Crippen molar-refractivity contribution in [1.29, 1.82) is 0 Å². The zero-order valence-corrected chi connectivity index (χ0v) is 23.5. The van der Waals surface area contributed by atoms with Gasteiger partial charge >= 0.3 is 0 Å². The van der Waals surface area contributed by atoms with Gasteiger partial charge in [-0.3, -0.25) is 4.79 Å². The van der Waals surface area contributed by atoms with Gasteiger partial charge in [0.05, 0.1) is 42.4 Å². The van der Waals surface area contributed by atoms with Crippen LogP contribution in [0.4, 0.5) is 10.1 Å². The van der Waals surface area contributed by atoms with Gasteiger partial charge in [-0.05, 0) is 49.4 Å². The zero-order valence-electron chi connectivity index (χ0n) is 22.8. The molecule has 10 nitrogen and oxygen atoms in total. The Kier molecular flexibility index (Phi) is 7.27. The quantitative estimate of drug-likeness (QED) is 0.299. The third-order valence-electron chi connectivity index (χ3n) is 6.95. The Bertz CT molecular complexity index is 1830. The monoisotopic (exact) mass is 584 g/mol. The van der Waals surface area contributed by atoms with Crippen LogP contribution in [0.25, 0.3) is 16.9 Å². The molecule has 1 atom stereocenters. The predicted molar refractivity (Wildman–Crippen MR) is 158 cm³/mol. The van der Waals surface area contributed by atoms with E-state index in [0.29, 0.717) is 33.3 Å². The van der Waals surface area contributed by atoms with Crippen LogP contribution < -0.4 is 15.4 Å². The number of halogens is 2. The van der Waals surface area contributed by atoms with E-state index in [0.717, 1.165) is 11.4 Å². The van der Waals surface area contributed by atoms with E-state index in [4.69, 9.17) is 27.1 Å². The summed E-state index contributed by atoms with van der Waals surface area (Å²) in [5.74, 6) is -0.276. The van der Waals surface area contributed by atoms with E-state index in [2.05, 4.69) is 15.3 Å². The van der Waals surface area contributed by atoms with Crippen LogP contribution in [0.15, 0.2) is 84.4 Å². The van der Waals surface area contributed by atoms with Crippen molar-refractivity contribution in [3.05, 3.63) is 107 Å². The number of methoxy groups -OCH3 is 1. The summed E-state index contributed by atoms with van der Waals surface area (Å²) in [4.78, 5) is 24.6. The maximum atomic E-state index is 15.1. The van der Waals surface area contributed by atoms with E-state index < -0.39 is 17.9 Å². The highest BCUT2D eigenvalue weighted by Crippen LogP contribution is 2.35. The van der Waals surface area contributed by atoms with Gasteiger partial charge in [0, 0.05) is 41.0 Å². The van der Waals surface area contributed by atoms with E-state index in [9.17, 15) is 4.79 Å². The number of hydrogen-bond donors (Lipinski definition) is 1. The molecular weight excluding hydrogens is 559 g/mol. The summed E-state index contributed by atoms with van der Waals surface area (Å²) in [5.41, 5.74) is 10.3. The molecule has 0 radical (unpaired) electrons.